The summed E-state index contributed by atoms with van der Waals surface area (Å²) in [6.07, 6.45) is 2.32. The van der Waals surface area contributed by atoms with Gasteiger partial charge in [0.25, 0.3) is 0 Å². The van der Waals surface area contributed by atoms with Gasteiger partial charge in [-0.2, -0.15) is 0 Å². The van der Waals surface area contributed by atoms with Gasteiger partial charge in [0.15, 0.2) is 0 Å². The minimum Gasteiger partial charge on any atom is -0.478 e. The van der Waals surface area contributed by atoms with Gasteiger partial charge in [-0.25, -0.2) is 9.18 Å². The molecule has 5 heteroatoms. The van der Waals surface area contributed by atoms with E-state index in [1.54, 1.807) is 0 Å². The smallest absolute Gasteiger partial charge is 0.336 e. The lowest BCUT2D eigenvalue weighted by atomic mass is 9.86. The Balaban J connectivity index is 1.60. The molecule has 0 unspecified atom stereocenters. The van der Waals surface area contributed by atoms with E-state index in [2.05, 4.69) is 9.88 Å². The lowest BCUT2D eigenvalue weighted by Gasteiger charge is -2.38. The van der Waals surface area contributed by atoms with Crippen LogP contribution in [-0.2, 0) is 5.67 Å². The van der Waals surface area contributed by atoms with Crippen LogP contribution in [0.3, 0.4) is 0 Å². The predicted octanol–water partition coefficient (Wildman–Crippen LogP) is 4.40. The second-order valence-corrected chi connectivity index (χ2v) is 6.68. The van der Waals surface area contributed by atoms with Crippen molar-refractivity contribution in [1.82, 2.24) is 4.98 Å². The maximum atomic E-state index is 15.3. The average molecular weight is 350 g/mol. The number of fused-ring (bicyclic) bond motifs is 1. The van der Waals surface area contributed by atoms with Crippen LogP contribution in [0, 0.1) is 0 Å². The summed E-state index contributed by atoms with van der Waals surface area (Å²) in [4.78, 5) is 17.8. The first-order valence-electron chi connectivity index (χ1n) is 8.68. The largest absolute Gasteiger partial charge is 0.478 e. The monoisotopic (exact) mass is 350 g/mol. The molecule has 0 spiro atoms. The molecule has 3 aromatic rings. The summed E-state index contributed by atoms with van der Waals surface area (Å²) >= 11 is 0. The Hall–Kier alpha value is -2.95. The fourth-order valence-corrected chi connectivity index (χ4v) is 3.66. The molecule has 2 aromatic carbocycles. The molecule has 1 saturated heterocycles. The van der Waals surface area contributed by atoms with Gasteiger partial charge in [-0.15, -0.1) is 0 Å². The quantitative estimate of drug-likeness (QED) is 0.761. The van der Waals surface area contributed by atoms with Crippen molar-refractivity contribution in [3.63, 3.8) is 0 Å². The van der Waals surface area contributed by atoms with Crippen LogP contribution in [0.2, 0.25) is 0 Å². The third-order valence-corrected chi connectivity index (χ3v) is 5.17. The molecule has 0 radical (unpaired) electrons. The van der Waals surface area contributed by atoms with Gasteiger partial charge in [-0.1, -0.05) is 30.3 Å². The van der Waals surface area contributed by atoms with Gasteiger partial charge < -0.3 is 10.0 Å². The number of aromatic nitrogens is 1. The SMILES string of the molecule is O=C(O)c1ccnc2ccc(N3CCC(F)(c4ccccc4)CC3)cc12. The molecule has 26 heavy (non-hydrogen) atoms. The van der Waals surface area contributed by atoms with E-state index in [0.717, 1.165) is 11.3 Å². The minimum absolute atomic E-state index is 0.234. The topological polar surface area (TPSA) is 53.4 Å². The number of anilines is 1. The Kier molecular flexibility index (Phi) is 4.07. The van der Waals surface area contributed by atoms with Crippen molar-refractivity contribution in [2.75, 3.05) is 18.0 Å². The van der Waals surface area contributed by atoms with Crippen LogP contribution in [0.5, 0.6) is 0 Å². The van der Waals surface area contributed by atoms with Crippen LogP contribution in [0.4, 0.5) is 10.1 Å². The zero-order valence-corrected chi connectivity index (χ0v) is 14.2. The fourth-order valence-electron chi connectivity index (χ4n) is 3.66. The Labute approximate surface area is 150 Å². The Morgan fingerprint density at radius 2 is 1.81 bits per heavy atom. The fraction of sp³-hybridized carbons (Fsp3) is 0.238. The molecule has 4 rings (SSSR count). The highest BCUT2D eigenvalue weighted by Gasteiger charge is 2.36. The van der Waals surface area contributed by atoms with Gasteiger partial charge in [0, 0.05) is 43.2 Å². The molecule has 0 amide bonds. The molecule has 0 bridgehead atoms. The van der Waals surface area contributed by atoms with Gasteiger partial charge in [0.05, 0.1) is 11.1 Å². The molecule has 1 aromatic heterocycles. The first-order valence-corrected chi connectivity index (χ1v) is 8.68. The molecule has 132 valence electrons. The summed E-state index contributed by atoms with van der Waals surface area (Å²) in [6, 6.07) is 16.4. The summed E-state index contributed by atoms with van der Waals surface area (Å²) in [5, 5.41) is 10.00. The number of aromatic carboxylic acids is 1. The summed E-state index contributed by atoms with van der Waals surface area (Å²) in [5.74, 6) is -0.972. The number of hydrogen-bond donors (Lipinski definition) is 1. The maximum absolute atomic E-state index is 15.3. The van der Waals surface area contributed by atoms with Crippen LogP contribution in [0.25, 0.3) is 10.9 Å². The highest BCUT2D eigenvalue weighted by Crippen LogP contribution is 2.38. The van der Waals surface area contributed by atoms with Gasteiger partial charge in [0.2, 0.25) is 0 Å². The number of nitrogens with zero attached hydrogens (tertiary/aromatic N) is 2. The maximum Gasteiger partial charge on any atom is 0.336 e. The van der Waals surface area contributed by atoms with E-state index < -0.39 is 11.6 Å². The Morgan fingerprint density at radius 3 is 2.50 bits per heavy atom. The third-order valence-electron chi connectivity index (χ3n) is 5.17. The number of carboxylic acids is 1. The van der Waals surface area contributed by atoms with Crippen molar-refractivity contribution in [2.45, 2.75) is 18.5 Å². The van der Waals surface area contributed by atoms with Crippen LogP contribution in [0.15, 0.2) is 60.8 Å². The standard InChI is InChI=1S/C21H19FN2O2/c22-21(15-4-2-1-3-5-15)9-12-24(13-10-21)16-6-7-19-18(14-16)17(20(25)26)8-11-23-19/h1-8,11,14H,9-10,12-13H2,(H,25,26). The second-order valence-electron chi connectivity index (χ2n) is 6.68. The van der Waals surface area contributed by atoms with Crippen molar-refractivity contribution in [2.24, 2.45) is 0 Å². The van der Waals surface area contributed by atoms with Gasteiger partial charge in [-0.3, -0.25) is 4.98 Å². The lowest BCUT2D eigenvalue weighted by molar-refractivity contribution is 0.0699. The van der Waals surface area contributed by atoms with Crippen molar-refractivity contribution in [3.05, 3.63) is 71.9 Å². The molecular weight excluding hydrogens is 331 g/mol. The molecule has 0 aliphatic carbocycles. The number of rotatable bonds is 3. The normalized spacial score (nSPS) is 16.6. The first-order chi connectivity index (χ1) is 12.6. The van der Waals surface area contributed by atoms with E-state index in [1.165, 1.54) is 12.3 Å². The summed E-state index contributed by atoms with van der Waals surface area (Å²) in [5.41, 5.74) is 1.22. The molecule has 0 saturated carbocycles. The van der Waals surface area contributed by atoms with E-state index in [9.17, 15) is 9.90 Å². The van der Waals surface area contributed by atoms with Crippen LogP contribution in [0.1, 0.15) is 28.8 Å². The highest BCUT2D eigenvalue weighted by atomic mass is 19.1. The van der Waals surface area contributed by atoms with E-state index in [4.69, 9.17) is 0 Å². The van der Waals surface area contributed by atoms with Gasteiger partial charge in [0.1, 0.15) is 5.67 Å². The number of carbonyl (C=O) groups is 1. The molecular formula is C21H19FN2O2. The highest BCUT2D eigenvalue weighted by molar-refractivity contribution is 6.03. The van der Waals surface area contributed by atoms with E-state index in [0.29, 0.717) is 36.8 Å². The summed E-state index contributed by atoms with van der Waals surface area (Å²) < 4.78 is 15.3. The molecule has 1 aliphatic heterocycles. The number of halogens is 1. The van der Waals surface area contributed by atoms with E-state index in [-0.39, 0.29) is 5.56 Å². The molecule has 1 N–H and O–H groups in total. The lowest BCUT2D eigenvalue weighted by Crippen LogP contribution is -2.40. The molecule has 1 aliphatic rings. The van der Waals surface area contributed by atoms with Crippen LogP contribution in [-0.4, -0.2) is 29.1 Å². The van der Waals surface area contributed by atoms with Gasteiger partial charge in [-0.05, 0) is 29.8 Å². The first kappa shape index (κ1) is 16.5. The molecule has 1 fully saturated rings. The van der Waals surface area contributed by atoms with Crippen molar-refractivity contribution in [1.29, 1.82) is 0 Å². The van der Waals surface area contributed by atoms with Crippen molar-refractivity contribution in [3.8, 4) is 0 Å². The minimum atomic E-state index is -1.30. The number of hydrogen-bond acceptors (Lipinski definition) is 3. The Morgan fingerprint density at radius 1 is 1.08 bits per heavy atom. The third kappa shape index (κ3) is 2.90. The van der Waals surface area contributed by atoms with Crippen LogP contribution >= 0.6 is 0 Å². The number of carboxylic acid groups (broad SMARTS) is 1. The van der Waals surface area contributed by atoms with E-state index in [1.807, 2.05) is 48.5 Å². The van der Waals surface area contributed by atoms with Crippen molar-refractivity contribution < 1.29 is 14.3 Å². The average Bonchev–Trinajstić information content (AvgIpc) is 2.68. The number of alkyl halides is 1. The second kappa shape index (κ2) is 6.41. The molecule has 0 atom stereocenters. The van der Waals surface area contributed by atoms with Crippen molar-refractivity contribution >= 4 is 22.6 Å². The number of pyridine rings is 1. The zero-order chi connectivity index (χ0) is 18.1. The molecule has 4 nitrogen and oxygen atoms in total. The molecule has 2 heterocycles. The summed E-state index contributed by atoms with van der Waals surface area (Å²) in [6.45, 7) is 1.17. The number of benzene rings is 2. The predicted molar refractivity (Wildman–Crippen MR) is 99.4 cm³/mol. The van der Waals surface area contributed by atoms with Crippen LogP contribution < -0.4 is 4.90 Å². The Bertz CT molecular complexity index is 951. The number of piperidine rings is 1. The van der Waals surface area contributed by atoms with E-state index >= 15 is 4.39 Å². The van der Waals surface area contributed by atoms with Gasteiger partial charge >= 0.3 is 5.97 Å². The zero-order valence-electron chi connectivity index (χ0n) is 14.2. The summed E-state index contributed by atoms with van der Waals surface area (Å²) in [7, 11) is 0.